The minimum Gasteiger partial charge on any atom is -0.459 e. The monoisotopic (exact) mass is 292 g/mol. The van der Waals surface area contributed by atoms with Crippen LogP contribution >= 0.6 is 27.3 Å². The average Bonchev–Trinajstić information content (AvgIpc) is 2.41. The summed E-state index contributed by atoms with van der Waals surface area (Å²) in [4.78, 5) is 25.4. The summed E-state index contributed by atoms with van der Waals surface area (Å²) in [6, 6.07) is 0. The number of carbonyl (C=O) groups is 2. The molecule has 1 aromatic heterocycles. The Morgan fingerprint density at radius 1 is 1.53 bits per heavy atom. The molecule has 0 spiro atoms. The first-order valence-electron chi connectivity index (χ1n) is 4.05. The lowest BCUT2D eigenvalue weighted by Gasteiger charge is -1.97. The van der Waals surface area contributed by atoms with E-state index >= 15 is 0 Å². The van der Waals surface area contributed by atoms with Gasteiger partial charge in [-0.3, -0.25) is 9.59 Å². The molecule has 0 radical (unpaired) electrons. The summed E-state index contributed by atoms with van der Waals surface area (Å²) in [7, 11) is 0. The fourth-order valence-corrected chi connectivity index (χ4v) is 2.20. The normalized spacial score (nSPS) is 9.80. The zero-order valence-electron chi connectivity index (χ0n) is 8.17. The van der Waals surface area contributed by atoms with Crippen molar-refractivity contribution < 1.29 is 14.3 Å². The van der Waals surface area contributed by atoms with Crippen LogP contribution in [-0.4, -0.2) is 16.9 Å². The third-order valence-corrected chi connectivity index (χ3v) is 3.09. The highest BCUT2D eigenvalue weighted by Gasteiger charge is 2.10. The molecule has 0 unspecified atom stereocenters. The predicted octanol–water partition coefficient (Wildman–Crippen LogP) is 1.93. The Labute approximate surface area is 99.0 Å². The highest BCUT2D eigenvalue weighted by atomic mass is 79.9. The lowest BCUT2D eigenvalue weighted by Crippen LogP contribution is -2.05. The Bertz CT molecular complexity index is 391. The number of hydrogen-bond acceptors (Lipinski definition) is 5. The molecule has 1 N–H and O–H groups in total. The first kappa shape index (κ1) is 12.1. The summed E-state index contributed by atoms with van der Waals surface area (Å²) in [6.45, 7) is 2.84. The van der Waals surface area contributed by atoms with Gasteiger partial charge in [-0.25, -0.2) is 4.98 Å². The van der Waals surface area contributed by atoms with Gasteiger partial charge in [-0.1, -0.05) is 11.3 Å². The van der Waals surface area contributed by atoms with E-state index in [-0.39, 0.29) is 18.5 Å². The fourth-order valence-electron chi connectivity index (χ4n) is 0.796. The molecule has 1 aromatic rings. The topological polar surface area (TPSA) is 68.3 Å². The highest BCUT2D eigenvalue weighted by Crippen LogP contribution is 2.28. The van der Waals surface area contributed by atoms with Gasteiger partial charge in [0.25, 0.3) is 0 Å². The number of nitrogens with one attached hydrogen (secondary N) is 1. The first-order valence-corrected chi connectivity index (χ1v) is 5.66. The number of ether oxygens (including phenoxy) is 1. The van der Waals surface area contributed by atoms with Gasteiger partial charge in [-0.2, -0.15) is 0 Å². The van der Waals surface area contributed by atoms with Gasteiger partial charge in [-0.15, -0.1) is 0 Å². The van der Waals surface area contributed by atoms with E-state index in [0.717, 1.165) is 3.79 Å². The van der Waals surface area contributed by atoms with Gasteiger partial charge in [0.15, 0.2) is 5.13 Å². The Hall–Kier alpha value is -0.950. The third-order valence-electron chi connectivity index (χ3n) is 1.34. The number of aromatic nitrogens is 1. The minimum atomic E-state index is -0.365. The number of halogens is 1. The average molecular weight is 293 g/mol. The van der Waals surface area contributed by atoms with Crippen molar-refractivity contribution in [1.82, 2.24) is 4.98 Å². The van der Waals surface area contributed by atoms with Crippen LogP contribution in [0.4, 0.5) is 5.13 Å². The molecule has 0 saturated carbocycles. The van der Waals surface area contributed by atoms with Gasteiger partial charge >= 0.3 is 5.97 Å². The molecule has 0 aliphatic carbocycles. The second-order valence-electron chi connectivity index (χ2n) is 2.70. The van der Waals surface area contributed by atoms with E-state index in [2.05, 4.69) is 26.2 Å². The predicted molar refractivity (Wildman–Crippen MR) is 59.6 cm³/mol. The number of rotatable bonds is 3. The Morgan fingerprint density at radius 2 is 2.20 bits per heavy atom. The zero-order chi connectivity index (χ0) is 11.4. The molecule has 0 atom stereocenters. The molecule has 0 saturated heterocycles. The van der Waals surface area contributed by atoms with Crippen molar-refractivity contribution in [1.29, 1.82) is 0 Å². The van der Waals surface area contributed by atoms with Gasteiger partial charge in [0.1, 0.15) is 12.3 Å². The minimum absolute atomic E-state index is 0.103. The van der Waals surface area contributed by atoms with Crippen LogP contribution in [-0.2, 0) is 20.9 Å². The van der Waals surface area contributed by atoms with Gasteiger partial charge in [0.05, 0.1) is 3.79 Å². The number of esters is 1. The molecule has 1 rings (SSSR count). The SMILES string of the molecule is CC(=O)Nc1nc(COC(C)=O)c(Br)s1. The van der Waals surface area contributed by atoms with Crippen LogP contribution in [0.15, 0.2) is 3.79 Å². The third kappa shape index (κ3) is 3.96. The second-order valence-corrected chi connectivity index (χ2v) is 5.02. The van der Waals surface area contributed by atoms with E-state index in [1.165, 1.54) is 25.2 Å². The standard InChI is InChI=1S/C8H9BrN2O3S/c1-4(12)10-8-11-6(7(9)15-8)3-14-5(2)13/h3H2,1-2H3,(H,10,11,12). The maximum Gasteiger partial charge on any atom is 0.303 e. The molecule has 1 amide bonds. The molecule has 0 bridgehead atoms. The fraction of sp³-hybridized carbons (Fsp3) is 0.375. The molecule has 0 aromatic carbocycles. The second kappa shape index (κ2) is 5.22. The van der Waals surface area contributed by atoms with Crippen LogP contribution in [0.3, 0.4) is 0 Å². The number of hydrogen-bond donors (Lipinski definition) is 1. The van der Waals surface area contributed by atoms with E-state index in [9.17, 15) is 9.59 Å². The molecular weight excluding hydrogens is 284 g/mol. The van der Waals surface area contributed by atoms with E-state index in [0.29, 0.717) is 10.8 Å². The summed E-state index contributed by atoms with van der Waals surface area (Å²) >= 11 is 4.55. The van der Waals surface area contributed by atoms with Crippen LogP contribution < -0.4 is 5.32 Å². The van der Waals surface area contributed by atoms with Crippen molar-refractivity contribution in [2.24, 2.45) is 0 Å². The maximum atomic E-state index is 10.8. The van der Waals surface area contributed by atoms with Crippen molar-refractivity contribution in [2.75, 3.05) is 5.32 Å². The molecule has 15 heavy (non-hydrogen) atoms. The first-order chi connectivity index (χ1) is 6.99. The Morgan fingerprint density at radius 3 is 2.73 bits per heavy atom. The van der Waals surface area contributed by atoms with E-state index in [1.807, 2.05) is 0 Å². The van der Waals surface area contributed by atoms with E-state index in [4.69, 9.17) is 4.74 Å². The number of anilines is 1. The summed E-state index contributed by atoms with van der Waals surface area (Å²) in [6.07, 6.45) is 0. The van der Waals surface area contributed by atoms with Crippen LogP contribution in [0.2, 0.25) is 0 Å². The van der Waals surface area contributed by atoms with Gasteiger partial charge in [-0.05, 0) is 15.9 Å². The molecule has 5 nitrogen and oxygen atoms in total. The number of amides is 1. The van der Waals surface area contributed by atoms with E-state index < -0.39 is 0 Å². The molecule has 0 fully saturated rings. The summed E-state index contributed by atoms with van der Waals surface area (Å²) in [5.41, 5.74) is 0.596. The molecule has 7 heteroatoms. The van der Waals surface area contributed by atoms with Crippen LogP contribution in [0.25, 0.3) is 0 Å². The highest BCUT2D eigenvalue weighted by molar-refractivity contribution is 9.11. The molecule has 1 heterocycles. The lowest BCUT2D eigenvalue weighted by molar-refractivity contribution is -0.142. The number of carbonyl (C=O) groups excluding carboxylic acids is 2. The van der Waals surface area contributed by atoms with Crippen LogP contribution in [0.1, 0.15) is 19.5 Å². The Kier molecular flexibility index (Phi) is 4.22. The maximum absolute atomic E-state index is 10.8. The van der Waals surface area contributed by atoms with E-state index in [1.54, 1.807) is 0 Å². The van der Waals surface area contributed by atoms with Gasteiger partial charge in [0.2, 0.25) is 5.91 Å². The van der Waals surface area contributed by atoms with Crippen molar-refractivity contribution in [3.05, 3.63) is 9.48 Å². The lowest BCUT2D eigenvalue weighted by atomic mass is 10.5. The Balaban J connectivity index is 2.68. The molecular formula is C8H9BrN2O3S. The summed E-state index contributed by atoms with van der Waals surface area (Å²) < 4.78 is 5.53. The van der Waals surface area contributed by atoms with Crippen molar-refractivity contribution >= 4 is 44.3 Å². The molecule has 82 valence electrons. The number of thiazole rings is 1. The van der Waals surface area contributed by atoms with Gasteiger partial charge in [0, 0.05) is 13.8 Å². The molecule has 0 aliphatic heterocycles. The quantitative estimate of drug-likeness (QED) is 0.865. The van der Waals surface area contributed by atoms with Gasteiger partial charge < -0.3 is 10.1 Å². The smallest absolute Gasteiger partial charge is 0.303 e. The summed E-state index contributed by atoms with van der Waals surface area (Å²) in [5.74, 6) is -0.550. The summed E-state index contributed by atoms with van der Waals surface area (Å²) in [5, 5.41) is 3.03. The molecule has 0 aliphatic rings. The van der Waals surface area contributed by atoms with Crippen molar-refractivity contribution in [2.45, 2.75) is 20.5 Å². The van der Waals surface area contributed by atoms with Crippen molar-refractivity contribution in [3.63, 3.8) is 0 Å². The largest absolute Gasteiger partial charge is 0.459 e. The van der Waals surface area contributed by atoms with Crippen molar-refractivity contribution in [3.8, 4) is 0 Å². The zero-order valence-corrected chi connectivity index (χ0v) is 10.6. The number of nitrogens with zero attached hydrogens (tertiary/aromatic N) is 1. The van der Waals surface area contributed by atoms with Crippen LogP contribution in [0, 0.1) is 0 Å². The van der Waals surface area contributed by atoms with Crippen LogP contribution in [0.5, 0.6) is 0 Å².